The Kier molecular flexibility index (Phi) is 4.15. The lowest BCUT2D eigenvalue weighted by molar-refractivity contribution is 0.287. The average Bonchev–Trinajstić information content (AvgIpc) is 2.97. The molecule has 0 N–H and O–H groups in total. The first kappa shape index (κ1) is 15.4. The number of para-hydroxylation sites is 1. The van der Waals surface area contributed by atoms with Gasteiger partial charge in [0.1, 0.15) is 5.01 Å². The molecule has 0 radical (unpaired) electrons. The van der Waals surface area contributed by atoms with Crippen LogP contribution in [0.1, 0.15) is 5.56 Å². The fraction of sp³-hybridized carbons (Fsp3) is 0.188. The Morgan fingerprint density at radius 1 is 1.09 bits per heavy atom. The monoisotopic (exact) mass is 333 g/mol. The van der Waals surface area contributed by atoms with Gasteiger partial charge in [-0.15, -0.1) is 11.3 Å². The fourth-order valence-electron chi connectivity index (χ4n) is 2.33. The highest BCUT2D eigenvalue weighted by Gasteiger charge is 2.25. The normalized spacial score (nSPS) is 12.0. The molecule has 0 fully saturated rings. The predicted octanol–water partition coefficient (Wildman–Crippen LogP) is 4.38. The quantitative estimate of drug-likeness (QED) is 0.665. The largest absolute Gasteiger partial charge is 0.360 e. The van der Waals surface area contributed by atoms with Gasteiger partial charge in [0, 0.05) is 19.8 Å². The maximum atomic E-state index is 12.4. The van der Waals surface area contributed by atoms with Crippen LogP contribution in [0, 0.1) is 6.92 Å². The Morgan fingerprint density at radius 3 is 2.45 bits per heavy atom. The number of nitrogens with zero attached hydrogens (tertiary/aromatic N) is 1. The van der Waals surface area contributed by atoms with Gasteiger partial charge in [-0.05, 0) is 36.8 Å². The van der Waals surface area contributed by atoms with Crippen LogP contribution in [-0.2, 0) is 13.6 Å². The second-order valence-electron chi connectivity index (χ2n) is 4.85. The van der Waals surface area contributed by atoms with Crippen LogP contribution >= 0.6 is 18.9 Å². The van der Waals surface area contributed by atoms with Gasteiger partial charge in [-0.3, -0.25) is 4.57 Å². The zero-order chi connectivity index (χ0) is 15.7. The van der Waals surface area contributed by atoms with E-state index in [2.05, 4.69) is 11.1 Å². The van der Waals surface area contributed by atoms with Crippen LogP contribution in [0.15, 0.2) is 42.5 Å². The van der Waals surface area contributed by atoms with Crippen LogP contribution in [0.2, 0.25) is 0 Å². The van der Waals surface area contributed by atoms with E-state index >= 15 is 0 Å². The van der Waals surface area contributed by atoms with Crippen LogP contribution < -0.4 is 5.30 Å². The van der Waals surface area contributed by atoms with Crippen molar-refractivity contribution in [3.8, 4) is 10.6 Å². The molecule has 0 atom stereocenters. The summed E-state index contributed by atoms with van der Waals surface area (Å²) in [6, 6.07) is 13.6. The molecule has 0 amide bonds. The molecule has 3 rings (SSSR count). The van der Waals surface area contributed by atoms with Gasteiger partial charge in [0.25, 0.3) is 0 Å². The van der Waals surface area contributed by atoms with Crippen LogP contribution in [0.3, 0.4) is 0 Å². The molecule has 1 heterocycles. The number of hydrogen-bond donors (Lipinski definition) is 0. The minimum atomic E-state index is -3.22. The minimum absolute atomic E-state index is 0.555. The van der Waals surface area contributed by atoms with Crippen molar-refractivity contribution in [3.05, 3.63) is 48.0 Å². The van der Waals surface area contributed by atoms with Gasteiger partial charge in [-0.1, -0.05) is 18.2 Å². The molecule has 3 aromatic rings. The van der Waals surface area contributed by atoms with Gasteiger partial charge in [-0.2, -0.15) is 0 Å². The van der Waals surface area contributed by atoms with Gasteiger partial charge < -0.3 is 9.05 Å². The minimum Gasteiger partial charge on any atom is -0.309 e. The second-order valence-corrected chi connectivity index (χ2v) is 8.12. The zero-order valence-electron chi connectivity index (χ0n) is 12.6. The first-order valence-electron chi connectivity index (χ1n) is 6.76. The first-order chi connectivity index (χ1) is 10.6. The summed E-state index contributed by atoms with van der Waals surface area (Å²) in [6.07, 6.45) is 0. The SMILES string of the molecule is COP(=O)(OC)c1ccc(-c2nc3ccccc3s2)c(C)c1. The van der Waals surface area contributed by atoms with Gasteiger partial charge in [0.15, 0.2) is 0 Å². The molecule has 22 heavy (non-hydrogen) atoms. The Morgan fingerprint density at radius 2 is 1.82 bits per heavy atom. The van der Waals surface area contributed by atoms with Crippen molar-refractivity contribution in [2.75, 3.05) is 14.2 Å². The lowest BCUT2D eigenvalue weighted by Crippen LogP contribution is -2.08. The van der Waals surface area contributed by atoms with Gasteiger partial charge in [0.2, 0.25) is 0 Å². The van der Waals surface area contributed by atoms with Crippen LogP contribution in [0.4, 0.5) is 0 Å². The van der Waals surface area contributed by atoms with Gasteiger partial charge in [-0.25, -0.2) is 4.98 Å². The van der Waals surface area contributed by atoms with E-state index in [0.29, 0.717) is 5.30 Å². The topological polar surface area (TPSA) is 48.4 Å². The maximum absolute atomic E-state index is 12.4. The summed E-state index contributed by atoms with van der Waals surface area (Å²) in [6.45, 7) is 1.97. The van der Waals surface area contributed by atoms with E-state index in [1.807, 2.05) is 37.3 Å². The number of aryl methyl sites for hydroxylation is 1. The van der Waals surface area contributed by atoms with Crippen LogP contribution in [0.5, 0.6) is 0 Å². The standard InChI is InChI=1S/C16H16NO3PS/c1-11-10-12(21(18,19-2)20-3)8-9-13(11)16-17-14-6-4-5-7-15(14)22-16/h4-10H,1-3H3. The number of benzene rings is 2. The lowest BCUT2D eigenvalue weighted by atomic mass is 10.1. The molecule has 0 unspecified atom stereocenters. The summed E-state index contributed by atoms with van der Waals surface area (Å²) in [4.78, 5) is 4.66. The molecular formula is C16H16NO3PS. The van der Waals surface area contributed by atoms with E-state index in [-0.39, 0.29) is 0 Å². The Hall–Kier alpha value is -1.52. The van der Waals surface area contributed by atoms with Crippen molar-refractivity contribution in [3.63, 3.8) is 0 Å². The number of aromatic nitrogens is 1. The highest BCUT2D eigenvalue weighted by atomic mass is 32.1. The van der Waals surface area contributed by atoms with E-state index in [1.54, 1.807) is 17.4 Å². The fourth-order valence-corrected chi connectivity index (χ4v) is 4.57. The van der Waals surface area contributed by atoms with Crippen molar-refractivity contribution in [1.29, 1.82) is 0 Å². The summed E-state index contributed by atoms with van der Waals surface area (Å²) in [7, 11) is -0.437. The average molecular weight is 333 g/mol. The zero-order valence-corrected chi connectivity index (χ0v) is 14.3. The molecule has 0 aliphatic carbocycles. The summed E-state index contributed by atoms with van der Waals surface area (Å²) in [5, 5.41) is 1.51. The number of rotatable bonds is 4. The van der Waals surface area contributed by atoms with Crippen molar-refractivity contribution in [2.24, 2.45) is 0 Å². The summed E-state index contributed by atoms with van der Waals surface area (Å²) >= 11 is 1.65. The predicted molar refractivity (Wildman–Crippen MR) is 91.1 cm³/mol. The van der Waals surface area contributed by atoms with E-state index < -0.39 is 7.60 Å². The Labute approximate surface area is 133 Å². The highest BCUT2D eigenvalue weighted by molar-refractivity contribution is 7.62. The highest BCUT2D eigenvalue weighted by Crippen LogP contribution is 2.45. The first-order valence-corrected chi connectivity index (χ1v) is 9.12. The van der Waals surface area contributed by atoms with Crippen molar-refractivity contribution in [2.45, 2.75) is 6.92 Å². The van der Waals surface area contributed by atoms with Gasteiger partial charge >= 0.3 is 7.60 Å². The third kappa shape index (κ3) is 2.61. The van der Waals surface area contributed by atoms with E-state index in [1.165, 1.54) is 14.2 Å². The van der Waals surface area contributed by atoms with Gasteiger partial charge in [0.05, 0.1) is 15.5 Å². The lowest BCUT2D eigenvalue weighted by Gasteiger charge is -2.15. The molecule has 0 spiro atoms. The number of hydrogen-bond acceptors (Lipinski definition) is 5. The molecular weight excluding hydrogens is 317 g/mol. The van der Waals surface area contributed by atoms with Crippen molar-refractivity contribution in [1.82, 2.24) is 4.98 Å². The second kappa shape index (κ2) is 5.94. The third-order valence-corrected chi connectivity index (χ3v) is 6.47. The summed E-state index contributed by atoms with van der Waals surface area (Å²) in [5.41, 5.74) is 3.01. The Balaban J connectivity index is 2.07. The van der Waals surface area contributed by atoms with Crippen LogP contribution in [0.25, 0.3) is 20.8 Å². The molecule has 1 aromatic heterocycles. The molecule has 0 aliphatic rings. The maximum Gasteiger partial charge on any atom is 0.360 e. The van der Waals surface area contributed by atoms with E-state index in [9.17, 15) is 4.57 Å². The molecule has 0 saturated heterocycles. The van der Waals surface area contributed by atoms with Crippen LogP contribution in [-0.4, -0.2) is 19.2 Å². The molecule has 4 nitrogen and oxygen atoms in total. The van der Waals surface area contributed by atoms with E-state index in [0.717, 1.165) is 26.4 Å². The van der Waals surface area contributed by atoms with Crippen molar-refractivity contribution < 1.29 is 13.6 Å². The molecule has 0 aliphatic heterocycles. The van der Waals surface area contributed by atoms with E-state index in [4.69, 9.17) is 9.05 Å². The third-order valence-electron chi connectivity index (χ3n) is 3.53. The summed E-state index contributed by atoms with van der Waals surface area (Å²) < 4.78 is 23.7. The molecule has 114 valence electrons. The smallest absolute Gasteiger partial charge is 0.309 e. The number of fused-ring (bicyclic) bond motifs is 1. The van der Waals surface area contributed by atoms with Crippen molar-refractivity contribution >= 4 is 34.5 Å². The summed E-state index contributed by atoms with van der Waals surface area (Å²) in [5.74, 6) is 0. The molecule has 6 heteroatoms. The molecule has 0 bridgehead atoms. The molecule has 0 saturated carbocycles. The number of thiazole rings is 1. The Bertz CT molecular complexity index is 834. The molecule has 2 aromatic carbocycles.